The van der Waals surface area contributed by atoms with Crippen LogP contribution in [-0.2, 0) is 10.0 Å². The average Bonchev–Trinajstić information content (AvgIpc) is 2.98. The van der Waals surface area contributed by atoms with Crippen molar-refractivity contribution < 1.29 is 8.42 Å². The summed E-state index contributed by atoms with van der Waals surface area (Å²) in [6, 6.07) is 7.24. The smallest absolute Gasteiger partial charge is 0.241 e. The van der Waals surface area contributed by atoms with Gasteiger partial charge < -0.3 is 5.32 Å². The summed E-state index contributed by atoms with van der Waals surface area (Å²) >= 11 is 1.48. The van der Waals surface area contributed by atoms with E-state index in [1.807, 2.05) is 39.0 Å². The Kier molecular flexibility index (Phi) is 5.83. The van der Waals surface area contributed by atoms with E-state index < -0.39 is 10.0 Å². The van der Waals surface area contributed by atoms with Crippen molar-refractivity contribution in [1.29, 1.82) is 0 Å². The molecular formula is C18H21N5O2S2. The number of aryl methyl sites for hydroxylation is 3. The number of sulfonamides is 1. The van der Waals surface area contributed by atoms with E-state index in [1.165, 1.54) is 11.3 Å². The third kappa shape index (κ3) is 4.88. The molecule has 0 aliphatic carbocycles. The Bertz CT molecular complexity index is 1030. The van der Waals surface area contributed by atoms with Crippen LogP contribution in [-0.4, -0.2) is 36.5 Å². The number of aromatic nitrogens is 3. The standard InChI is InChI=1S/C18H21N5O2S2/c1-12-9-17(23-18(22-12)15-5-4-6-19-11-15)20-7-8-21-27(24,25)16-10-13(2)26-14(16)3/h4-6,9-11,21H,7-8H2,1-3H3,(H,20,22,23). The first-order chi connectivity index (χ1) is 12.8. The second-order valence-corrected chi connectivity index (χ2v) is 9.26. The second kappa shape index (κ2) is 8.12. The van der Waals surface area contributed by atoms with E-state index in [0.717, 1.165) is 21.0 Å². The molecule has 142 valence electrons. The largest absolute Gasteiger partial charge is 0.369 e. The van der Waals surface area contributed by atoms with Crippen LogP contribution >= 0.6 is 11.3 Å². The molecule has 9 heteroatoms. The van der Waals surface area contributed by atoms with Gasteiger partial charge in [0.25, 0.3) is 0 Å². The van der Waals surface area contributed by atoms with Crippen LogP contribution in [0.1, 0.15) is 15.4 Å². The molecule has 0 spiro atoms. The quantitative estimate of drug-likeness (QED) is 0.589. The first kappa shape index (κ1) is 19.4. The lowest BCUT2D eigenvalue weighted by molar-refractivity contribution is 0.582. The summed E-state index contributed by atoms with van der Waals surface area (Å²) in [5.41, 5.74) is 1.64. The van der Waals surface area contributed by atoms with Crippen molar-refractivity contribution in [2.75, 3.05) is 18.4 Å². The molecule has 27 heavy (non-hydrogen) atoms. The summed E-state index contributed by atoms with van der Waals surface area (Å²) in [5, 5.41) is 3.14. The highest BCUT2D eigenvalue weighted by atomic mass is 32.2. The highest BCUT2D eigenvalue weighted by Gasteiger charge is 2.18. The molecule has 7 nitrogen and oxygen atoms in total. The van der Waals surface area contributed by atoms with Crippen molar-refractivity contribution in [2.45, 2.75) is 25.7 Å². The van der Waals surface area contributed by atoms with E-state index in [0.29, 0.717) is 23.1 Å². The van der Waals surface area contributed by atoms with Crippen molar-refractivity contribution in [3.63, 3.8) is 0 Å². The molecule has 3 rings (SSSR count). The van der Waals surface area contributed by atoms with Gasteiger partial charge in [-0.2, -0.15) is 0 Å². The van der Waals surface area contributed by atoms with Crippen molar-refractivity contribution >= 4 is 27.2 Å². The molecule has 0 aliphatic rings. The van der Waals surface area contributed by atoms with Crippen LogP contribution in [0.4, 0.5) is 5.82 Å². The molecule has 0 aromatic carbocycles. The van der Waals surface area contributed by atoms with Crippen molar-refractivity contribution in [3.05, 3.63) is 52.1 Å². The van der Waals surface area contributed by atoms with Gasteiger partial charge in [0, 0.05) is 52.6 Å². The third-order valence-electron chi connectivity index (χ3n) is 3.78. The number of thiophene rings is 1. The van der Waals surface area contributed by atoms with Crippen LogP contribution in [0, 0.1) is 20.8 Å². The van der Waals surface area contributed by atoms with Gasteiger partial charge in [0.05, 0.1) is 4.90 Å². The Morgan fingerprint density at radius 1 is 1.11 bits per heavy atom. The first-order valence-electron chi connectivity index (χ1n) is 8.42. The van der Waals surface area contributed by atoms with Gasteiger partial charge in [0.15, 0.2) is 5.82 Å². The topological polar surface area (TPSA) is 96.9 Å². The van der Waals surface area contributed by atoms with Gasteiger partial charge >= 0.3 is 0 Å². The van der Waals surface area contributed by atoms with E-state index in [-0.39, 0.29) is 6.54 Å². The zero-order valence-electron chi connectivity index (χ0n) is 15.4. The van der Waals surface area contributed by atoms with E-state index in [4.69, 9.17) is 0 Å². The lowest BCUT2D eigenvalue weighted by Crippen LogP contribution is -2.29. The summed E-state index contributed by atoms with van der Waals surface area (Å²) in [6.45, 7) is 6.26. The van der Waals surface area contributed by atoms with Crippen LogP contribution < -0.4 is 10.0 Å². The predicted molar refractivity (Wildman–Crippen MR) is 107 cm³/mol. The maximum Gasteiger partial charge on any atom is 0.241 e. The van der Waals surface area contributed by atoms with Crippen LogP contribution in [0.15, 0.2) is 41.6 Å². The first-order valence-corrected chi connectivity index (χ1v) is 10.7. The minimum Gasteiger partial charge on any atom is -0.369 e. The summed E-state index contributed by atoms with van der Waals surface area (Å²) in [6.07, 6.45) is 3.40. The molecule has 0 unspecified atom stereocenters. The number of nitrogens with one attached hydrogen (secondary N) is 2. The Balaban J connectivity index is 1.62. The molecule has 0 fully saturated rings. The number of hydrogen-bond donors (Lipinski definition) is 2. The normalized spacial score (nSPS) is 11.5. The van der Waals surface area contributed by atoms with Crippen LogP contribution in [0.5, 0.6) is 0 Å². The van der Waals surface area contributed by atoms with E-state index >= 15 is 0 Å². The van der Waals surface area contributed by atoms with Gasteiger partial charge in [0.1, 0.15) is 5.82 Å². The monoisotopic (exact) mass is 403 g/mol. The molecule has 2 N–H and O–H groups in total. The second-order valence-electron chi connectivity index (χ2n) is 6.06. The van der Waals surface area contributed by atoms with Gasteiger partial charge in [-0.05, 0) is 39.0 Å². The minimum absolute atomic E-state index is 0.252. The molecule has 0 bridgehead atoms. The van der Waals surface area contributed by atoms with Crippen molar-refractivity contribution in [1.82, 2.24) is 19.7 Å². The fourth-order valence-corrected chi connectivity index (χ4v) is 5.20. The summed E-state index contributed by atoms with van der Waals surface area (Å²) in [7, 11) is -3.50. The molecular weight excluding hydrogens is 382 g/mol. The Morgan fingerprint density at radius 3 is 2.59 bits per heavy atom. The lowest BCUT2D eigenvalue weighted by atomic mass is 10.2. The molecule has 0 saturated heterocycles. The van der Waals surface area contributed by atoms with Gasteiger partial charge in [-0.15, -0.1) is 11.3 Å². The maximum absolute atomic E-state index is 12.4. The highest BCUT2D eigenvalue weighted by molar-refractivity contribution is 7.89. The van der Waals surface area contributed by atoms with Crippen molar-refractivity contribution in [3.8, 4) is 11.4 Å². The molecule has 0 amide bonds. The van der Waals surface area contributed by atoms with Crippen LogP contribution in [0.2, 0.25) is 0 Å². The predicted octanol–water partition coefficient (Wildman–Crippen LogP) is 2.92. The summed E-state index contributed by atoms with van der Waals surface area (Å²) < 4.78 is 27.4. The number of anilines is 1. The van der Waals surface area contributed by atoms with Crippen LogP contribution in [0.3, 0.4) is 0 Å². The number of nitrogens with zero attached hydrogens (tertiary/aromatic N) is 3. The number of hydrogen-bond acceptors (Lipinski definition) is 7. The van der Waals surface area contributed by atoms with E-state index in [1.54, 1.807) is 18.5 Å². The molecule has 0 aliphatic heterocycles. The lowest BCUT2D eigenvalue weighted by Gasteiger charge is -2.10. The molecule has 3 aromatic heterocycles. The van der Waals surface area contributed by atoms with Gasteiger partial charge in [-0.1, -0.05) is 0 Å². The van der Waals surface area contributed by atoms with Crippen LogP contribution in [0.25, 0.3) is 11.4 Å². The Hall–Kier alpha value is -2.36. The third-order valence-corrected chi connectivity index (χ3v) is 6.46. The maximum atomic E-state index is 12.4. The zero-order valence-corrected chi connectivity index (χ0v) is 17.0. The van der Waals surface area contributed by atoms with Crippen molar-refractivity contribution in [2.24, 2.45) is 0 Å². The highest BCUT2D eigenvalue weighted by Crippen LogP contribution is 2.24. The van der Waals surface area contributed by atoms with E-state index in [9.17, 15) is 8.42 Å². The van der Waals surface area contributed by atoms with Gasteiger partial charge in [-0.3, -0.25) is 4.98 Å². The minimum atomic E-state index is -3.50. The molecule has 3 aromatic rings. The average molecular weight is 404 g/mol. The fourth-order valence-electron chi connectivity index (χ4n) is 2.61. The molecule has 0 saturated carbocycles. The van der Waals surface area contributed by atoms with E-state index in [2.05, 4.69) is 25.0 Å². The molecule has 3 heterocycles. The summed E-state index contributed by atoms with van der Waals surface area (Å²) in [5.74, 6) is 1.22. The Morgan fingerprint density at radius 2 is 1.93 bits per heavy atom. The SMILES string of the molecule is Cc1cc(NCCNS(=O)(=O)c2cc(C)sc2C)nc(-c2cccnc2)n1. The summed E-state index contributed by atoms with van der Waals surface area (Å²) in [4.78, 5) is 15.1. The fraction of sp³-hybridized carbons (Fsp3) is 0.278. The number of pyridine rings is 1. The van der Waals surface area contributed by atoms with Gasteiger partial charge in [-0.25, -0.2) is 23.1 Å². The Labute approximate surface area is 163 Å². The molecule has 0 atom stereocenters. The number of rotatable bonds is 7. The van der Waals surface area contributed by atoms with Gasteiger partial charge in [0.2, 0.25) is 10.0 Å². The molecule has 0 radical (unpaired) electrons. The zero-order chi connectivity index (χ0) is 19.4.